The molecule has 0 spiro atoms. The Balaban J connectivity index is 1.48. The van der Waals surface area contributed by atoms with E-state index in [1.54, 1.807) is 0 Å². The molecule has 1 saturated carbocycles. The molecule has 0 aromatic carbocycles. The van der Waals surface area contributed by atoms with Crippen molar-refractivity contribution in [1.29, 1.82) is 0 Å². The lowest BCUT2D eigenvalue weighted by Gasteiger charge is -2.21. The summed E-state index contributed by atoms with van der Waals surface area (Å²) >= 11 is 0. The van der Waals surface area contributed by atoms with Crippen LogP contribution >= 0.6 is 0 Å². The van der Waals surface area contributed by atoms with E-state index < -0.39 is 0 Å². The van der Waals surface area contributed by atoms with Crippen molar-refractivity contribution in [3.8, 4) is 0 Å². The molecule has 1 heterocycles. The Kier molecular flexibility index (Phi) is 10.9. The predicted molar refractivity (Wildman–Crippen MR) is 108 cm³/mol. The smallest absolute Gasteiger partial charge is 0.191 e. The van der Waals surface area contributed by atoms with Gasteiger partial charge in [0.05, 0.1) is 6.10 Å². The summed E-state index contributed by atoms with van der Waals surface area (Å²) in [6.07, 6.45) is 15.5. The largest absolute Gasteiger partial charge is 0.378 e. The van der Waals surface area contributed by atoms with Gasteiger partial charge in [-0.2, -0.15) is 5.10 Å². The van der Waals surface area contributed by atoms with Crippen molar-refractivity contribution < 1.29 is 4.74 Å². The maximum atomic E-state index is 5.98. The molecule has 0 amide bonds. The van der Waals surface area contributed by atoms with Crippen molar-refractivity contribution in [3.63, 3.8) is 0 Å². The zero-order valence-electron chi connectivity index (χ0n) is 16.5. The van der Waals surface area contributed by atoms with Gasteiger partial charge in [0.1, 0.15) is 0 Å². The van der Waals surface area contributed by atoms with E-state index in [1.165, 1.54) is 38.5 Å². The van der Waals surface area contributed by atoms with Crippen LogP contribution in [-0.4, -0.2) is 48.1 Å². The first kappa shape index (κ1) is 20.7. The fourth-order valence-corrected chi connectivity index (χ4v) is 3.29. The summed E-state index contributed by atoms with van der Waals surface area (Å²) in [5.41, 5.74) is 0. The molecule has 0 unspecified atom stereocenters. The van der Waals surface area contributed by atoms with E-state index in [2.05, 4.69) is 27.6 Å². The van der Waals surface area contributed by atoms with E-state index in [0.717, 1.165) is 58.0 Å². The highest BCUT2D eigenvalue weighted by atomic mass is 16.5. The highest BCUT2D eigenvalue weighted by Gasteiger charge is 2.12. The molecule has 0 bridgehead atoms. The normalized spacial score (nSPS) is 16.0. The van der Waals surface area contributed by atoms with Crippen molar-refractivity contribution in [2.24, 2.45) is 4.99 Å². The Bertz CT molecular complexity index is 469. The summed E-state index contributed by atoms with van der Waals surface area (Å²) in [6.45, 7) is 6.60. The highest BCUT2D eigenvalue weighted by Crippen LogP contribution is 2.20. The number of aryl methyl sites for hydroxylation is 1. The number of aliphatic imine (C=N–C) groups is 1. The van der Waals surface area contributed by atoms with E-state index in [4.69, 9.17) is 4.74 Å². The molecule has 0 atom stereocenters. The lowest BCUT2D eigenvalue weighted by Crippen LogP contribution is -2.37. The Morgan fingerprint density at radius 2 is 2.04 bits per heavy atom. The van der Waals surface area contributed by atoms with Gasteiger partial charge in [0.15, 0.2) is 5.96 Å². The predicted octanol–water partition coefficient (Wildman–Crippen LogP) is 3.35. The molecule has 6 nitrogen and oxygen atoms in total. The molecule has 0 aliphatic heterocycles. The summed E-state index contributed by atoms with van der Waals surface area (Å²) in [7, 11) is 0. The molecule has 148 valence electrons. The van der Waals surface area contributed by atoms with Crippen LogP contribution in [0.25, 0.3) is 0 Å². The van der Waals surface area contributed by atoms with Crippen molar-refractivity contribution in [2.75, 3.05) is 26.2 Å². The van der Waals surface area contributed by atoms with Crippen molar-refractivity contribution in [2.45, 2.75) is 77.4 Å². The second kappa shape index (κ2) is 13.6. The number of rotatable bonds is 12. The maximum absolute atomic E-state index is 5.98. The van der Waals surface area contributed by atoms with Crippen LogP contribution in [0.15, 0.2) is 23.5 Å². The molecule has 1 fully saturated rings. The highest BCUT2D eigenvalue weighted by molar-refractivity contribution is 5.79. The molecule has 1 aromatic rings. The number of guanidine groups is 1. The van der Waals surface area contributed by atoms with Gasteiger partial charge in [-0.15, -0.1) is 0 Å². The first-order chi connectivity index (χ1) is 12.9. The molecule has 0 saturated heterocycles. The van der Waals surface area contributed by atoms with Crippen LogP contribution in [0.4, 0.5) is 0 Å². The van der Waals surface area contributed by atoms with Crippen molar-refractivity contribution in [1.82, 2.24) is 20.4 Å². The number of ether oxygens (including phenoxy) is 1. The second-order valence-corrected chi connectivity index (χ2v) is 7.00. The third-order valence-corrected chi connectivity index (χ3v) is 4.74. The summed E-state index contributed by atoms with van der Waals surface area (Å²) in [4.78, 5) is 4.64. The monoisotopic (exact) mass is 363 g/mol. The first-order valence-corrected chi connectivity index (χ1v) is 10.5. The van der Waals surface area contributed by atoms with E-state index in [9.17, 15) is 0 Å². The van der Waals surface area contributed by atoms with E-state index in [-0.39, 0.29) is 0 Å². The third-order valence-electron chi connectivity index (χ3n) is 4.74. The number of aromatic nitrogens is 2. The number of unbranched alkanes of at least 4 members (excludes halogenated alkanes) is 2. The summed E-state index contributed by atoms with van der Waals surface area (Å²) < 4.78 is 7.93. The Labute approximate surface area is 158 Å². The average molecular weight is 364 g/mol. The van der Waals surface area contributed by atoms with Crippen LogP contribution in [0.1, 0.15) is 64.7 Å². The van der Waals surface area contributed by atoms with Gasteiger partial charge in [-0.05, 0) is 51.5 Å². The quantitative estimate of drug-likeness (QED) is 0.340. The second-order valence-electron chi connectivity index (χ2n) is 7.00. The number of nitrogens with one attached hydrogen (secondary N) is 2. The topological polar surface area (TPSA) is 63.5 Å². The van der Waals surface area contributed by atoms with Gasteiger partial charge in [-0.25, -0.2) is 0 Å². The van der Waals surface area contributed by atoms with Crippen LogP contribution < -0.4 is 10.6 Å². The van der Waals surface area contributed by atoms with Gasteiger partial charge in [0.25, 0.3) is 0 Å². The fraction of sp³-hybridized carbons (Fsp3) is 0.800. The molecule has 1 aromatic heterocycles. The standard InChI is InChI=1S/C20H37N5O/c1-2-21-20(23-14-9-16-25-17-10-15-24-25)22-13-7-4-8-18-26-19-11-5-3-6-12-19/h10,15,17,19H,2-9,11-14,16,18H2,1H3,(H2,21,22,23). The van der Waals surface area contributed by atoms with Gasteiger partial charge in [0, 0.05) is 45.2 Å². The molecule has 1 aliphatic rings. The molecule has 1 aliphatic carbocycles. The lowest BCUT2D eigenvalue weighted by molar-refractivity contribution is 0.0264. The maximum Gasteiger partial charge on any atom is 0.191 e. The van der Waals surface area contributed by atoms with Crippen LogP contribution in [0.2, 0.25) is 0 Å². The van der Waals surface area contributed by atoms with Gasteiger partial charge >= 0.3 is 0 Å². The lowest BCUT2D eigenvalue weighted by atomic mass is 9.98. The van der Waals surface area contributed by atoms with Gasteiger partial charge < -0.3 is 15.4 Å². The molecule has 26 heavy (non-hydrogen) atoms. The minimum atomic E-state index is 0.538. The van der Waals surface area contributed by atoms with E-state index in [1.807, 2.05) is 23.1 Å². The summed E-state index contributed by atoms with van der Waals surface area (Å²) in [6, 6.07) is 1.95. The van der Waals surface area contributed by atoms with E-state index in [0.29, 0.717) is 6.10 Å². The molecule has 6 heteroatoms. The fourth-order valence-electron chi connectivity index (χ4n) is 3.29. The number of hydrogen-bond donors (Lipinski definition) is 2. The Hall–Kier alpha value is -1.56. The van der Waals surface area contributed by atoms with Crippen LogP contribution in [0.3, 0.4) is 0 Å². The molecule has 2 rings (SSSR count). The van der Waals surface area contributed by atoms with Gasteiger partial charge in [0.2, 0.25) is 0 Å². The summed E-state index contributed by atoms with van der Waals surface area (Å²) in [5.74, 6) is 0.923. The SMILES string of the molecule is CCNC(=NCCCn1cccn1)NCCCCCOC1CCCCC1. The first-order valence-electron chi connectivity index (χ1n) is 10.5. The number of nitrogens with zero attached hydrogens (tertiary/aromatic N) is 3. The van der Waals surface area contributed by atoms with Crippen molar-refractivity contribution >= 4 is 5.96 Å². The van der Waals surface area contributed by atoms with Crippen molar-refractivity contribution in [3.05, 3.63) is 18.5 Å². The van der Waals surface area contributed by atoms with Gasteiger partial charge in [-0.1, -0.05) is 19.3 Å². The minimum absolute atomic E-state index is 0.538. The minimum Gasteiger partial charge on any atom is -0.378 e. The van der Waals surface area contributed by atoms with Crippen LogP contribution in [0, 0.1) is 0 Å². The Morgan fingerprint density at radius 1 is 1.15 bits per heavy atom. The Morgan fingerprint density at radius 3 is 2.81 bits per heavy atom. The van der Waals surface area contributed by atoms with Gasteiger partial charge in [-0.3, -0.25) is 9.67 Å². The number of hydrogen-bond acceptors (Lipinski definition) is 3. The zero-order valence-corrected chi connectivity index (χ0v) is 16.5. The van der Waals surface area contributed by atoms with Crippen LogP contribution in [-0.2, 0) is 11.3 Å². The zero-order chi connectivity index (χ0) is 18.3. The molecular formula is C20H37N5O. The van der Waals surface area contributed by atoms with E-state index >= 15 is 0 Å². The molecular weight excluding hydrogens is 326 g/mol. The third kappa shape index (κ3) is 9.22. The molecule has 0 radical (unpaired) electrons. The summed E-state index contributed by atoms with van der Waals surface area (Å²) in [5, 5.41) is 11.0. The molecule has 2 N–H and O–H groups in total. The average Bonchev–Trinajstić information content (AvgIpc) is 3.18. The van der Waals surface area contributed by atoms with Crippen LogP contribution in [0.5, 0.6) is 0 Å².